The summed E-state index contributed by atoms with van der Waals surface area (Å²) in [5.74, 6) is -0.00426. The number of rotatable bonds is 2. The third-order valence-corrected chi connectivity index (χ3v) is 2.21. The van der Waals surface area contributed by atoms with Crippen molar-refractivity contribution in [3.05, 3.63) is 47.1 Å². The topological polar surface area (TPSA) is 90.9 Å². The number of pyridine rings is 1. The fourth-order valence-electron chi connectivity index (χ4n) is 1.26. The highest BCUT2D eigenvalue weighted by molar-refractivity contribution is 5.67. The van der Waals surface area contributed by atoms with E-state index in [0.29, 0.717) is 5.57 Å². The Labute approximate surface area is 102 Å². The molecule has 1 rings (SSSR count). The zero-order chi connectivity index (χ0) is 13.9. The molecule has 0 fully saturated rings. The first-order chi connectivity index (χ1) is 8.23. The minimum absolute atomic E-state index is 0.00426. The van der Waals surface area contributed by atoms with Crippen LogP contribution in [0.5, 0.6) is 0 Å². The molecule has 0 radical (unpaired) electrons. The molecule has 0 saturated heterocycles. The Bertz CT molecular complexity index is 499. The smallest absolute Gasteiger partial charge is 0.398 e. The van der Waals surface area contributed by atoms with Gasteiger partial charge in [0.25, 0.3) is 0 Å². The van der Waals surface area contributed by atoms with Crippen molar-refractivity contribution in [3.63, 3.8) is 0 Å². The number of allylic oxidation sites excluding steroid dienone is 2. The molecular weight excluding hydrogens is 245 g/mol. The van der Waals surface area contributed by atoms with E-state index in [4.69, 9.17) is 17.2 Å². The lowest BCUT2D eigenvalue weighted by Gasteiger charge is -2.11. The second-order valence-corrected chi connectivity index (χ2v) is 3.64. The number of nitrogens with zero attached hydrogens (tertiary/aromatic N) is 1. The number of alkyl halides is 3. The summed E-state index contributed by atoms with van der Waals surface area (Å²) < 4.78 is 38.1. The predicted molar refractivity (Wildman–Crippen MR) is 62.5 cm³/mol. The summed E-state index contributed by atoms with van der Waals surface area (Å²) in [5, 5.41) is 0. The fraction of sp³-hybridized carbons (Fsp3) is 0.182. The second-order valence-electron chi connectivity index (χ2n) is 3.64. The lowest BCUT2D eigenvalue weighted by atomic mass is 10.1. The van der Waals surface area contributed by atoms with E-state index in [9.17, 15) is 13.2 Å². The van der Waals surface area contributed by atoms with Crippen molar-refractivity contribution < 1.29 is 13.2 Å². The molecule has 1 aromatic heterocycles. The Balaban J connectivity index is 3.31. The standard InChI is InChI=1S/C11H13F3N4/c1-6(10(16)17)5-8(15)7-3-2-4-18-9(7)11(12,13)14/h2-5H,15-17H2,1H3/b8-5-. The first kappa shape index (κ1) is 13.9. The van der Waals surface area contributed by atoms with Gasteiger partial charge in [-0.25, -0.2) is 0 Å². The van der Waals surface area contributed by atoms with Crippen molar-refractivity contribution in [2.45, 2.75) is 13.1 Å². The van der Waals surface area contributed by atoms with Gasteiger partial charge in [0.1, 0.15) is 0 Å². The Morgan fingerprint density at radius 3 is 2.39 bits per heavy atom. The summed E-state index contributed by atoms with van der Waals surface area (Å²) in [6.45, 7) is 1.55. The average molecular weight is 258 g/mol. The molecular formula is C11H13F3N4. The molecule has 0 aliphatic rings. The van der Waals surface area contributed by atoms with E-state index in [1.807, 2.05) is 0 Å². The Kier molecular flexibility index (Phi) is 3.85. The number of hydrogen-bond acceptors (Lipinski definition) is 4. The molecule has 6 N–H and O–H groups in total. The van der Waals surface area contributed by atoms with Crippen molar-refractivity contribution in [1.82, 2.24) is 4.98 Å². The van der Waals surface area contributed by atoms with Crippen LogP contribution in [-0.4, -0.2) is 4.98 Å². The van der Waals surface area contributed by atoms with Crippen LogP contribution < -0.4 is 17.2 Å². The molecule has 0 saturated carbocycles. The van der Waals surface area contributed by atoms with Crippen molar-refractivity contribution in [2.24, 2.45) is 17.2 Å². The summed E-state index contributed by atoms with van der Waals surface area (Å²) in [6, 6.07) is 2.61. The van der Waals surface area contributed by atoms with E-state index in [0.717, 1.165) is 6.20 Å². The largest absolute Gasteiger partial charge is 0.434 e. The van der Waals surface area contributed by atoms with Gasteiger partial charge in [0.15, 0.2) is 5.69 Å². The average Bonchev–Trinajstić information content (AvgIpc) is 2.27. The molecule has 0 bridgehead atoms. The molecule has 0 aromatic carbocycles. The van der Waals surface area contributed by atoms with Gasteiger partial charge >= 0.3 is 6.18 Å². The zero-order valence-electron chi connectivity index (χ0n) is 9.62. The summed E-state index contributed by atoms with van der Waals surface area (Å²) >= 11 is 0. The van der Waals surface area contributed by atoms with Crippen molar-refractivity contribution in [1.29, 1.82) is 0 Å². The molecule has 18 heavy (non-hydrogen) atoms. The third-order valence-electron chi connectivity index (χ3n) is 2.21. The second kappa shape index (κ2) is 4.99. The zero-order valence-corrected chi connectivity index (χ0v) is 9.62. The number of aromatic nitrogens is 1. The third kappa shape index (κ3) is 3.16. The minimum atomic E-state index is -4.57. The first-order valence-corrected chi connectivity index (χ1v) is 4.95. The molecule has 1 aromatic rings. The van der Waals surface area contributed by atoms with Crippen LogP contribution in [0.15, 0.2) is 35.8 Å². The molecule has 0 atom stereocenters. The predicted octanol–water partition coefficient (Wildman–Crippen LogP) is 1.55. The van der Waals surface area contributed by atoms with Crippen LogP contribution in [0.2, 0.25) is 0 Å². The van der Waals surface area contributed by atoms with Crippen LogP contribution in [0.3, 0.4) is 0 Å². The van der Waals surface area contributed by atoms with Gasteiger partial charge in [0.2, 0.25) is 0 Å². The molecule has 0 unspecified atom stereocenters. The Hall–Kier alpha value is -2.18. The quantitative estimate of drug-likeness (QED) is 0.702. The maximum absolute atomic E-state index is 12.7. The minimum Gasteiger partial charge on any atom is -0.398 e. The van der Waals surface area contributed by atoms with E-state index in [1.54, 1.807) is 6.92 Å². The number of hydrogen-bond donors (Lipinski definition) is 3. The van der Waals surface area contributed by atoms with Gasteiger partial charge in [0, 0.05) is 17.5 Å². The van der Waals surface area contributed by atoms with Gasteiger partial charge in [-0.05, 0) is 30.7 Å². The van der Waals surface area contributed by atoms with Crippen molar-refractivity contribution in [2.75, 3.05) is 0 Å². The van der Waals surface area contributed by atoms with E-state index < -0.39 is 11.9 Å². The molecule has 0 amide bonds. The summed E-state index contributed by atoms with van der Waals surface area (Å²) in [4.78, 5) is 3.30. The lowest BCUT2D eigenvalue weighted by Crippen LogP contribution is -2.14. The lowest BCUT2D eigenvalue weighted by molar-refractivity contribution is -0.141. The van der Waals surface area contributed by atoms with Gasteiger partial charge in [-0.3, -0.25) is 4.98 Å². The van der Waals surface area contributed by atoms with Gasteiger partial charge in [-0.1, -0.05) is 0 Å². The molecule has 1 heterocycles. The molecule has 0 aliphatic heterocycles. The van der Waals surface area contributed by atoms with Crippen LogP contribution in [0, 0.1) is 0 Å². The maximum Gasteiger partial charge on any atom is 0.434 e. The van der Waals surface area contributed by atoms with Crippen molar-refractivity contribution >= 4 is 5.70 Å². The monoisotopic (exact) mass is 258 g/mol. The summed E-state index contributed by atoms with van der Waals surface area (Å²) in [7, 11) is 0. The SMILES string of the molecule is CC(/C=C(\N)c1cccnc1C(F)(F)F)=C(N)N. The van der Waals surface area contributed by atoms with Gasteiger partial charge in [-0.2, -0.15) is 13.2 Å². The number of halogens is 3. The number of nitrogens with two attached hydrogens (primary N) is 3. The van der Waals surface area contributed by atoms with Gasteiger partial charge in [0.05, 0.1) is 5.82 Å². The van der Waals surface area contributed by atoms with Crippen molar-refractivity contribution in [3.8, 4) is 0 Å². The molecule has 7 heteroatoms. The molecule has 4 nitrogen and oxygen atoms in total. The van der Waals surface area contributed by atoms with E-state index >= 15 is 0 Å². The van der Waals surface area contributed by atoms with Crippen LogP contribution in [0.1, 0.15) is 18.2 Å². The first-order valence-electron chi connectivity index (χ1n) is 4.95. The van der Waals surface area contributed by atoms with Crippen LogP contribution in [-0.2, 0) is 6.18 Å². The summed E-state index contributed by atoms with van der Waals surface area (Å²) in [6.07, 6.45) is -2.23. The molecule has 98 valence electrons. The van der Waals surface area contributed by atoms with Gasteiger partial charge < -0.3 is 17.2 Å². The molecule has 0 aliphatic carbocycles. The van der Waals surface area contributed by atoms with E-state index in [2.05, 4.69) is 4.98 Å². The Morgan fingerprint density at radius 1 is 1.28 bits per heavy atom. The normalized spacial score (nSPS) is 12.3. The maximum atomic E-state index is 12.7. The van der Waals surface area contributed by atoms with Crippen LogP contribution in [0.4, 0.5) is 13.2 Å². The van der Waals surface area contributed by atoms with Crippen LogP contribution >= 0.6 is 0 Å². The summed E-state index contributed by atoms with van der Waals surface area (Å²) in [5.41, 5.74) is 15.3. The van der Waals surface area contributed by atoms with Crippen LogP contribution in [0.25, 0.3) is 5.70 Å². The highest BCUT2D eigenvalue weighted by Crippen LogP contribution is 2.32. The highest BCUT2D eigenvalue weighted by Gasteiger charge is 2.35. The van der Waals surface area contributed by atoms with Gasteiger partial charge in [-0.15, -0.1) is 0 Å². The highest BCUT2D eigenvalue weighted by atomic mass is 19.4. The van der Waals surface area contributed by atoms with E-state index in [-0.39, 0.29) is 17.1 Å². The van der Waals surface area contributed by atoms with E-state index in [1.165, 1.54) is 18.2 Å². The fourth-order valence-corrected chi connectivity index (χ4v) is 1.26. The Morgan fingerprint density at radius 2 is 1.89 bits per heavy atom. The molecule has 0 spiro atoms.